The Labute approximate surface area is 161 Å². The molecule has 1 fully saturated rings. The molecule has 1 aliphatic heterocycles. The lowest BCUT2D eigenvalue weighted by Crippen LogP contribution is -2.59. The Hall–Kier alpha value is -1.35. The molecular weight excluding hydrogens is 320 g/mol. The Morgan fingerprint density at radius 3 is 2.15 bits per heavy atom. The Kier molecular flexibility index (Phi) is 9.17. The van der Waals surface area contributed by atoms with E-state index >= 15 is 0 Å². The van der Waals surface area contributed by atoms with E-state index in [1.54, 1.807) is 0 Å². The van der Waals surface area contributed by atoms with Crippen LogP contribution in [0.2, 0.25) is 0 Å². The quantitative estimate of drug-likeness (QED) is 0.402. The summed E-state index contributed by atoms with van der Waals surface area (Å²) in [5, 5.41) is 0. The number of unbranched alkanes of at least 4 members (excludes halogenated alkanes) is 6. The van der Waals surface area contributed by atoms with E-state index in [4.69, 9.17) is 0 Å². The van der Waals surface area contributed by atoms with Gasteiger partial charge in [0.05, 0.1) is 32.7 Å². The number of likely N-dealkylation sites (N-methyl/N-ethyl adjacent to an activating group) is 1. The molecule has 0 N–H and O–H groups in total. The summed E-state index contributed by atoms with van der Waals surface area (Å²) in [6.45, 7) is 10.8. The molecule has 0 aliphatic carbocycles. The second-order valence-electron chi connectivity index (χ2n) is 8.00. The minimum Gasteiger partial charge on any atom is -0.331 e. The second kappa shape index (κ2) is 11.4. The van der Waals surface area contributed by atoms with Gasteiger partial charge in [0, 0.05) is 12.0 Å². The number of piperazine rings is 1. The van der Waals surface area contributed by atoms with Gasteiger partial charge in [0.1, 0.15) is 6.54 Å². The molecule has 2 rings (SSSR count). The highest BCUT2D eigenvalue weighted by Gasteiger charge is 2.33. The number of carbonyl (C=O) groups is 1. The first kappa shape index (κ1) is 21.0. The second-order valence-corrected chi connectivity index (χ2v) is 8.00. The van der Waals surface area contributed by atoms with Gasteiger partial charge in [-0.2, -0.15) is 0 Å². The average Bonchev–Trinajstić information content (AvgIpc) is 2.68. The number of quaternary nitrogens is 1. The lowest BCUT2D eigenvalue weighted by molar-refractivity contribution is -0.942. The van der Waals surface area contributed by atoms with Crippen LogP contribution in [0, 0.1) is 0 Å². The molecule has 1 aromatic rings. The van der Waals surface area contributed by atoms with Gasteiger partial charge >= 0.3 is 0 Å². The topological polar surface area (TPSA) is 20.3 Å². The van der Waals surface area contributed by atoms with E-state index < -0.39 is 0 Å². The van der Waals surface area contributed by atoms with E-state index in [-0.39, 0.29) is 0 Å². The highest BCUT2D eigenvalue weighted by Crippen LogP contribution is 2.19. The van der Waals surface area contributed by atoms with Crippen LogP contribution in [-0.4, -0.2) is 48.0 Å². The summed E-state index contributed by atoms with van der Waals surface area (Å²) in [6, 6.07) is 10.8. The van der Waals surface area contributed by atoms with Crippen LogP contribution in [0.5, 0.6) is 0 Å². The highest BCUT2D eigenvalue weighted by atomic mass is 16.2. The van der Waals surface area contributed by atoms with Crippen molar-refractivity contribution >= 4 is 5.91 Å². The van der Waals surface area contributed by atoms with E-state index in [2.05, 4.69) is 49.1 Å². The van der Waals surface area contributed by atoms with Gasteiger partial charge in [0.2, 0.25) is 5.91 Å². The molecule has 1 amide bonds. The van der Waals surface area contributed by atoms with Crippen LogP contribution in [0.3, 0.4) is 0 Å². The van der Waals surface area contributed by atoms with E-state index in [1.807, 2.05) is 0 Å². The van der Waals surface area contributed by atoms with Gasteiger partial charge in [-0.25, -0.2) is 0 Å². The standard InChI is InChI=1S/C23H39N2O/c1-3-5-6-7-8-9-13-16-23(26)24-17-19-25(4-2,20-18-24)21-22-14-11-10-12-15-22/h10-12,14-15H,3-9,13,16-21H2,1-2H3/q+1. The van der Waals surface area contributed by atoms with Crippen LogP contribution in [0.15, 0.2) is 30.3 Å². The molecule has 0 radical (unpaired) electrons. The first-order chi connectivity index (χ1) is 12.7. The first-order valence-electron chi connectivity index (χ1n) is 10.9. The zero-order valence-corrected chi connectivity index (χ0v) is 17.1. The zero-order valence-electron chi connectivity index (χ0n) is 17.1. The van der Waals surface area contributed by atoms with Gasteiger partial charge in [-0.3, -0.25) is 4.79 Å². The van der Waals surface area contributed by atoms with Crippen molar-refractivity contribution in [2.45, 2.75) is 71.8 Å². The summed E-state index contributed by atoms with van der Waals surface area (Å²) in [6.07, 6.45) is 9.67. The minimum atomic E-state index is 0.382. The van der Waals surface area contributed by atoms with Crippen LogP contribution < -0.4 is 0 Å². The fraction of sp³-hybridized carbons (Fsp3) is 0.696. The van der Waals surface area contributed by atoms with Crippen molar-refractivity contribution < 1.29 is 9.28 Å². The van der Waals surface area contributed by atoms with Gasteiger partial charge < -0.3 is 9.38 Å². The van der Waals surface area contributed by atoms with Crippen molar-refractivity contribution in [1.29, 1.82) is 0 Å². The molecular formula is C23H39N2O+. The van der Waals surface area contributed by atoms with Crippen LogP contribution in [0.25, 0.3) is 0 Å². The molecule has 0 spiro atoms. The van der Waals surface area contributed by atoms with Gasteiger partial charge in [-0.1, -0.05) is 75.8 Å². The number of nitrogens with zero attached hydrogens (tertiary/aromatic N) is 2. The van der Waals surface area contributed by atoms with Crippen molar-refractivity contribution in [1.82, 2.24) is 4.90 Å². The summed E-state index contributed by atoms with van der Waals surface area (Å²) >= 11 is 0. The third-order valence-corrected chi connectivity index (χ3v) is 6.07. The summed E-state index contributed by atoms with van der Waals surface area (Å²) in [5.74, 6) is 0.382. The molecule has 0 saturated carbocycles. The summed E-state index contributed by atoms with van der Waals surface area (Å²) in [7, 11) is 0. The minimum absolute atomic E-state index is 0.382. The summed E-state index contributed by atoms with van der Waals surface area (Å²) < 4.78 is 1.12. The Bertz CT molecular complexity index is 506. The molecule has 3 nitrogen and oxygen atoms in total. The molecule has 146 valence electrons. The molecule has 1 heterocycles. The molecule has 0 atom stereocenters. The van der Waals surface area contributed by atoms with Crippen LogP contribution in [0.4, 0.5) is 0 Å². The molecule has 1 aromatic carbocycles. The fourth-order valence-electron chi connectivity index (χ4n) is 4.09. The average molecular weight is 360 g/mol. The third-order valence-electron chi connectivity index (χ3n) is 6.07. The van der Waals surface area contributed by atoms with Gasteiger partial charge in [-0.05, 0) is 13.3 Å². The number of rotatable bonds is 11. The Morgan fingerprint density at radius 2 is 1.54 bits per heavy atom. The molecule has 26 heavy (non-hydrogen) atoms. The first-order valence-corrected chi connectivity index (χ1v) is 10.9. The molecule has 0 unspecified atom stereocenters. The maximum atomic E-state index is 12.5. The number of carbonyl (C=O) groups excluding carboxylic acids is 1. The predicted octanol–water partition coefficient (Wildman–Crippen LogP) is 5.01. The highest BCUT2D eigenvalue weighted by molar-refractivity contribution is 5.76. The molecule has 1 saturated heterocycles. The monoisotopic (exact) mass is 359 g/mol. The van der Waals surface area contributed by atoms with E-state index in [9.17, 15) is 4.79 Å². The van der Waals surface area contributed by atoms with Crippen molar-refractivity contribution in [2.24, 2.45) is 0 Å². The van der Waals surface area contributed by atoms with Crippen LogP contribution >= 0.6 is 0 Å². The maximum Gasteiger partial charge on any atom is 0.222 e. The number of hydrogen-bond donors (Lipinski definition) is 0. The van der Waals surface area contributed by atoms with Crippen molar-refractivity contribution in [2.75, 3.05) is 32.7 Å². The lowest BCUT2D eigenvalue weighted by Gasteiger charge is -2.44. The van der Waals surface area contributed by atoms with E-state index in [0.29, 0.717) is 5.91 Å². The smallest absolute Gasteiger partial charge is 0.222 e. The van der Waals surface area contributed by atoms with Gasteiger partial charge in [0.15, 0.2) is 0 Å². The van der Waals surface area contributed by atoms with E-state index in [0.717, 1.165) is 56.6 Å². The largest absolute Gasteiger partial charge is 0.331 e. The number of benzene rings is 1. The molecule has 1 aliphatic rings. The van der Waals surface area contributed by atoms with Crippen LogP contribution in [0.1, 0.15) is 70.8 Å². The maximum absolute atomic E-state index is 12.5. The zero-order chi connectivity index (χ0) is 18.7. The fourth-order valence-corrected chi connectivity index (χ4v) is 4.09. The van der Waals surface area contributed by atoms with Gasteiger partial charge in [-0.15, -0.1) is 0 Å². The molecule has 0 bridgehead atoms. The molecule has 3 heteroatoms. The summed E-state index contributed by atoms with van der Waals surface area (Å²) in [4.78, 5) is 14.6. The lowest BCUT2D eigenvalue weighted by atomic mass is 10.1. The normalized spacial score (nSPS) is 16.6. The number of hydrogen-bond acceptors (Lipinski definition) is 1. The SMILES string of the molecule is CCCCCCCCCC(=O)N1CC[N+](CC)(Cc2ccccc2)CC1. The Morgan fingerprint density at radius 1 is 0.923 bits per heavy atom. The summed E-state index contributed by atoms with van der Waals surface area (Å²) in [5.41, 5.74) is 1.41. The van der Waals surface area contributed by atoms with Crippen molar-refractivity contribution in [3.8, 4) is 0 Å². The third kappa shape index (κ3) is 6.75. The number of amides is 1. The Balaban J connectivity index is 1.68. The van der Waals surface area contributed by atoms with Gasteiger partial charge in [0.25, 0.3) is 0 Å². The van der Waals surface area contributed by atoms with Crippen molar-refractivity contribution in [3.05, 3.63) is 35.9 Å². The predicted molar refractivity (Wildman–Crippen MR) is 110 cm³/mol. The van der Waals surface area contributed by atoms with Crippen molar-refractivity contribution in [3.63, 3.8) is 0 Å². The van der Waals surface area contributed by atoms with E-state index in [1.165, 1.54) is 44.1 Å². The molecule has 0 aromatic heterocycles. The van der Waals surface area contributed by atoms with Crippen LogP contribution in [-0.2, 0) is 11.3 Å².